The van der Waals surface area contributed by atoms with Gasteiger partial charge >= 0.3 is 6.18 Å². The van der Waals surface area contributed by atoms with Gasteiger partial charge in [-0.3, -0.25) is 9.69 Å². The molecule has 2 heterocycles. The number of H-pyrrole nitrogens is 1. The van der Waals surface area contributed by atoms with E-state index < -0.39 is 54.1 Å². The highest BCUT2D eigenvalue weighted by atomic mass is 19.4. The lowest BCUT2D eigenvalue weighted by Crippen LogP contribution is -2.55. The van der Waals surface area contributed by atoms with Gasteiger partial charge in [-0.05, 0) is 62.6 Å². The second kappa shape index (κ2) is 8.86. The highest BCUT2D eigenvalue weighted by Crippen LogP contribution is 2.46. The van der Waals surface area contributed by atoms with Crippen molar-refractivity contribution in [2.75, 3.05) is 6.54 Å². The van der Waals surface area contributed by atoms with E-state index in [-0.39, 0.29) is 17.0 Å². The summed E-state index contributed by atoms with van der Waals surface area (Å²) < 4.78 is 88.5. The van der Waals surface area contributed by atoms with Gasteiger partial charge in [0.15, 0.2) is 5.78 Å². The molecule has 2 aromatic carbocycles. The fraction of sp³-hybridized carbons (Fsp3) is 0.346. The zero-order chi connectivity index (χ0) is 25.7. The fourth-order valence-electron chi connectivity index (χ4n) is 4.76. The van der Waals surface area contributed by atoms with Gasteiger partial charge in [0.25, 0.3) is 0 Å². The van der Waals surface area contributed by atoms with E-state index in [1.165, 1.54) is 13.0 Å². The Morgan fingerprint density at radius 2 is 1.74 bits per heavy atom. The summed E-state index contributed by atoms with van der Waals surface area (Å²) in [5.41, 5.74) is -1.65. The molecule has 0 amide bonds. The van der Waals surface area contributed by atoms with Crippen LogP contribution >= 0.6 is 0 Å². The van der Waals surface area contributed by atoms with E-state index in [9.17, 15) is 22.4 Å². The number of aromatic nitrogens is 1. The molecule has 0 radical (unpaired) electrons. The Kier molecular flexibility index (Phi) is 6.34. The lowest BCUT2D eigenvalue weighted by atomic mass is 9.86. The van der Waals surface area contributed by atoms with Crippen molar-refractivity contribution in [2.45, 2.75) is 51.1 Å². The number of hydrogen-bond donors (Lipinski definition) is 1. The minimum absolute atomic E-state index is 0.0383. The van der Waals surface area contributed by atoms with Gasteiger partial charge in [-0.25, -0.2) is 13.2 Å². The molecule has 1 aliphatic rings. The van der Waals surface area contributed by atoms with Crippen molar-refractivity contribution in [1.82, 2.24) is 9.88 Å². The maximum Gasteiger partial charge on any atom is 0.404 e. The van der Waals surface area contributed by atoms with Crippen LogP contribution in [0.15, 0.2) is 42.5 Å². The number of alkyl halides is 4. The molecule has 4 rings (SSSR count). The third-order valence-corrected chi connectivity index (χ3v) is 6.07. The van der Waals surface area contributed by atoms with Crippen molar-refractivity contribution in [3.8, 4) is 0 Å². The lowest BCUT2D eigenvalue weighted by molar-refractivity contribution is -0.195. The highest BCUT2D eigenvalue weighted by Gasteiger charge is 2.52. The van der Waals surface area contributed by atoms with Crippen molar-refractivity contribution in [2.24, 2.45) is 0 Å². The maximum absolute atomic E-state index is 15.4. The molecule has 2 atom stereocenters. The molecule has 0 spiro atoms. The highest BCUT2D eigenvalue weighted by molar-refractivity contribution is 5.91. The minimum atomic E-state index is -4.78. The first-order valence-corrected chi connectivity index (χ1v) is 11.0. The number of fused-ring (bicyclic) bond motifs is 3. The third-order valence-electron chi connectivity index (χ3n) is 6.07. The van der Waals surface area contributed by atoms with Crippen LogP contribution in [0.5, 0.6) is 0 Å². The summed E-state index contributed by atoms with van der Waals surface area (Å²) >= 11 is 0. The first kappa shape index (κ1) is 25.0. The first-order valence-electron chi connectivity index (χ1n) is 11.0. The van der Waals surface area contributed by atoms with Crippen LogP contribution in [0.4, 0.5) is 26.3 Å². The van der Waals surface area contributed by atoms with Gasteiger partial charge in [0.05, 0.1) is 6.04 Å². The van der Waals surface area contributed by atoms with Gasteiger partial charge in [-0.2, -0.15) is 13.2 Å². The van der Waals surface area contributed by atoms with Crippen LogP contribution in [0.2, 0.25) is 0 Å². The molecule has 2 unspecified atom stereocenters. The molecule has 0 fully saturated rings. The van der Waals surface area contributed by atoms with Crippen molar-refractivity contribution < 1.29 is 31.1 Å². The van der Waals surface area contributed by atoms with E-state index >= 15 is 8.78 Å². The van der Waals surface area contributed by atoms with Gasteiger partial charge in [0.1, 0.15) is 23.3 Å². The zero-order valence-electron chi connectivity index (χ0n) is 19.3. The van der Waals surface area contributed by atoms with Gasteiger partial charge in [0, 0.05) is 28.7 Å². The molecular weight excluding hydrogens is 470 g/mol. The molecule has 0 saturated heterocycles. The molecular formula is C26H24F6N2O. The molecule has 9 heteroatoms. The average molecular weight is 494 g/mol. The molecule has 0 aliphatic carbocycles. The SMILES string of the molecule is CC(=O)/C=C/c1cc(F)c(C2c3[nH]c4ccccc4c3CC(C(F)(F)F)N2CC(C)(C)F)c(F)c1. The van der Waals surface area contributed by atoms with Crippen molar-refractivity contribution >= 4 is 22.8 Å². The molecule has 3 aromatic rings. The van der Waals surface area contributed by atoms with Crippen LogP contribution in [0.3, 0.4) is 0 Å². The summed E-state index contributed by atoms with van der Waals surface area (Å²) in [6, 6.07) is 4.87. The molecule has 186 valence electrons. The number of nitrogens with zero attached hydrogens (tertiary/aromatic N) is 1. The number of carbonyl (C=O) groups excluding carboxylic acids is 1. The van der Waals surface area contributed by atoms with Gasteiger partial charge in [0.2, 0.25) is 0 Å². The summed E-state index contributed by atoms with van der Waals surface area (Å²) in [6.07, 6.45) is -2.93. The van der Waals surface area contributed by atoms with Gasteiger partial charge in [-0.1, -0.05) is 24.3 Å². The van der Waals surface area contributed by atoms with Crippen LogP contribution in [-0.2, 0) is 11.2 Å². The van der Waals surface area contributed by atoms with E-state index in [1.54, 1.807) is 24.3 Å². The Morgan fingerprint density at radius 1 is 1.11 bits per heavy atom. The molecule has 0 saturated carbocycles. The Labute approximate surface area is 198 Å². The van der Waals surface area contributed by atoms with Crippen LogP contribution < -0.4 is 0 Å². The molecule has 1 aromatic heterocycles. The van der Waals surface area contributed by atoms with Crippen molar-refractivity contribution in [1.29, 1.82) is 0 Å². The number of hydrogen-bond acceptors (Lipinski definition) is 2. The lowest BCUT2D eigenvalue weighted by Gasteiger charge is -2.44. The quantitative estimate of drug-likeness (QED) is 0.318. The molecule has 1 N–H and O–H groups in total. The molecule has 3 nitrogen and oxygen atoms in total. The van der Waals surface area contributed by atoms with Gasteiger partial charge in [-0.15, -0.1) is 0 Å². The third kappa shape index (κ3) is 5.00. The summed E-state index contributed by atoms with van der Waals surface area (Å²) in [5.74, 6) is -2.52. The van der Waals surface area contributed by atoms with Crippen molar-refractivity contribution in [3.05, 3.63) is 76.5 Å². The first-order chi connectivity index (χ1) is 16.3. The number of ketones is 1. The monoisotopic (exact) mass is 494 g/mol. The number of allylic oxidation sites excluding steroid dienone is 1. The minimum Gasteiger partial charge on any atom is -0.357 e. The smallest absolute Gasteiger partial charge is 0.357 e. The maximum atomic E-state index is 15.4. The fourth-order valence-corrected chi connectivity index (χ4v) is 4.76. The summed E-state index contributed by atoms with van der Waals surface area (Å²) in [7, 11) is 0. The van der Waals surface area contributed by atoms with E-state index in [0.717, 1.165) is 37.0 Å². The largest absolute Gasteiger partial charge is 0.404 e. The zero-order valence-corrected chi connectivity index (χ0v) is 19.3. The average Bonchev–Trinajstić information content (AvgIpc) is 3.09. The Balaban J connectivity index is 1.98. The number of aromatic amines is 1. The Morgan fingerprint density at radius 3 is 2.31 bits per heavy atom. The van der Waals surface area contributed by atoms with Crippen LogP contribution in [0, 0.1) is 11.6 Å². The normalized spacial score (nSPS) is 19.5. The molecule has 1 aliphatic heterocycles. The van der Waals surface area contributed by atoms with Gasteiger partial charge < -0.3 is 4.98 Å². The molecule has 0 bridgehead atoms. The Hall–Kier alpha value is -3.07. The topological polar surface area (TPSA) is 36.1 Å². The van der Waals surface area contributed by atoms with E-state index in [1.807, 2.05) is 0 Å². The second-order valence-electron chi connectivity index (χ2n) is 9.46. The van der Waals surface area contributed by atoms with Crippen LogP contribution in [0.25, 0.3) is 17.0 Å². The predicted molar refractivity (Wildman–Crippen MR) is 122 cm³/mol. The van der Waals surface area contributed by atoms with E-state index in [0.29, 0.717) is 16.5 Å². The number of halogens is 6. The molecule has 35 heavy (non-hydrogen) atoms. The second-order valence-corrected chi connectivity index (χ2v) is 9.46. The predicted octanol–water partition coefficient (Wildman–Crippen LogP) is 6.67. The van der Waals surface area contributed by atoms with Crippen LogP contribution in [-0.4, -0.2) is 40.1 Å². The Bertz CT molecular complexity index is 1280. The van der Waals surface area contributed by atoms with Crippen molar-refractivity contribution in [3.63, 3.8) is 0 Å². The number of para-hydroxylation sites is 1. The summed E-state index contributed by atoms with van der Waals surface area (Å²) in [5, 5.41) is 0.516. The number of rotatable bonds is 5. The van der Waals surface area contributed by atoms with Crippen LogP contribution in [0.1, 0.15) is 49.2 Å². The number of nitrogens with one attached hydrogen (secondary N) is 1. The van der Waals surface area contributed by atoms with E-state index in [2.05, 4.69) is 4.98 Å². The number of carbonyl (C=O) groups is 1. The summed E-state index contributed by atoms with van der Waals surface area (Å²) in [4.78, 5) is 15.0. The summed E-state index contributed by atoms with van der Waals surface area (Å²) in [6.45, 7) is 2.81. The van der Waals surface area contributed by atoms with E-state index in [4.69, 9.17) is 0 Å². The standard InChI is InChI=1S/C26H24F6N2O/c1-14(35)8-9-15-10-18(27)22(19(28)11-15)24-23-17(16-6-4-5-7-20(16)33-23)12-21(26(30,31)32)34(24)13-25(2,3)29/h4-11,21,24,33H,12-13H2,1-3H3/b9-8+. The number of benzene rings is 2.